The monoisotopic (exact) mass is 338 g/mol. The van der Waals surface area contributed by atoms with Crippen molar-refractivity contribution in [3.05, 3.63) is 12.2 Å². The molecule has 0 spiro atoms. The molecule has 1 aliphatic heterocycles. The summed E-state index contributed by atoms with van der Waals surface area (Å²) in [5.41, 5.74) is -0.267. The van der Waals surface area contributed by atoms with Crippen molar-refractivity contribution in [2.24, 2.45) is 0 Å². The van der Waals surface area contributed by atoms with E-state index in [2.05, 4.69) is 6.92 Å². The number of unbranched alkanes of at least 4 members (excludes halogenated alkanes) is 9. The second kappa shape index (κ2) is 11.8. The average molecular weight is 339 g/mol. The molecule has 3 nitrogen and oxygen atoms in total. The molecule has 0 aromatic carbocycles. The fourth-order valence-electron chi connectivity index (χ4n) is 3.00. The first kappa shape index (κ1) is 21.4. The first-order valence-electron chi connectivity index (χ1n) is 9.97. The third-order valence-corrected chi connectivity index (χ3v) is 4.32. The van der Waals surface area contributed by atoms with Gasteiger partial charge in [-0.1, -0.05) is 71.1 Å². The highest BCUT2D eigenvalue weighted by atomic mass is 16.7. The van der Waals surface area contributed by atoms with Crippen molar-refractivity contribution < 1.29 is 14.3 Å². The fourth-order valence-corrected chi connectivity index (χ4v) is 3.00. The van der Waals surface area contributed by atoms with E-state index < -0.39 is 6.29 Å². The van der Waals surface area contributed by atoms with Crippen LogP contribution in [0.4, 0.5) is 0 Å². The molecule has 24 heavy (non-hydrogen) atoms. The van der Waals surface area contributed by atoms with Crippen LogP contribution in [0.25, 0.3) is 0 Å². The maximum atomic E-state index is 11.9. The van der Waals surface area contributed by atoms with E-state index in [0.29, 0.717) is 0 Å². The highest BCUT2D eigenvalue weighted by Crippen LogP contribution is 2.21. The van der Waals surface area contributed by atoms with Crippen LogP contribution in [-0.4, -0.2) is 23.8 Å². The Morgan fingerprint density at radius 1 is 0.958 bits per heavy atom. The molecule has 0 fully saturated rings. The lowest BCUT2D eigenvalue weighted by atomic mass is 10.0. The van der Waals surface area contributed by atoms with Crippen LogP contribution in [0.15, 0.2) is 12.2 Å². The van der Waals surface area contributed by atoms with Gasteiger partial charge in [0.2, 0.25) is 0 Å². The molecular formula is C21H38O3. The number of rotatable bonds is 12. The second-order valence-corrected chi connectivity index (χ2v) is 7.96. The summed E-state index contributed by atoms with van der Waals surface area (Å²) in [6, 6.07) is 0. The maximum absolute atomic E-state index is 11.9. The lowest BCUT2D eigenvalue weighted by Crippen LogP contribution is -2.37. The van der Waals surface area contributed by atoms with Crippen molar-refractivity contribution >= 4 is 5.78 Å². The molecule has 0 aromatic rings. The number of ether oxygens (including phenoxy) is 2. The molecule has 1 unspecified atom stereocenters. The number of carbonyl (C=O) groups is 1. The highest BCUT2D eigenvalue weighted by Gasteiger charge is 2.27. The van der Waals surface area contributed by atoms with Gasteiger partial charge in [-0.15, -0.1) is 0 Å². The molecule has 1 heterocycles. The van der Waals surface area contributed by atoms with Gasteiger partial charge < -0.3 is 9.47 Å². The van der Waals surface area contributed by atoms with Crippen molar-refractivity contribution in [3.63, 3.8) is 0 Å². The van der Waals surface area contributed by atoms with Crippen molar-refractivity contribution in [2.45, 2.75) is 116 Å². The summed E-state index contributed by atoms with van der Waals surface area (Å²) in [4.78, 5) is 11.9. The number of hydrogen-bond acceptors (Lipinski definition) is 3. The van der Waals surface area contributed by atoms with Gasteiger partial charge in [0.15, 0.2) is 12.1 Å². The summed E-state index contributed by atoms with van der Waals surface area (Å²) < 4.78 is 11.6. The average Bonchev–Trinajstić information content (AvgIpc) is 2.50. The molecule has 0 bridgehead atoms. The molecule has 0 aromatic heterocycles. The van der Waals surface area contributed by atoms with Gasteiger partial charge in [0, 0.05) is 0 Å². The molecule has 1 rings (SSSR count). The van der Waals surface area contributed by atoms with Crippen molar-refractivity contribution in [3.8, 4) is 0 Å². The molecule has 0 amide bonds. The number of hydrogen-bond donors (Lipinski definition) is 0. The van der Waals surface area contributed by atoms with Crippen molar-refractivity contribution in [2.75, 3.05) is 0 Å². The minimum Gasteiger partial charge on any atom is -0.343 e. The molecule has 0 saturated heterocycles. The van der Waals surface area contributed by atoms with Gasteiger partial charge in [0.05, 0.1) is 5.60 Å². The molecule has 0 saturated carbocycles. The van der Waals surface area contributed by atoms with E-state index in [4.69, 9.17) is 9.47 Å². The predicted molar refractivity (Wildman–Crippen MR) is 100 cm³/mol. The highest BCUT2D eigenvalue weighted by molar-refractivity contribution is 5.94. The first-order valence-corrected chi connectivity index (χ1v) is 9.97. The van der Waals surface area contributed by atoms with Gasteiger partial charge in [0.25, 0.3) is 0 Å². The van der Waals surface area contributed by atoms with Crippen molar-refractivity contribution in [1.82, 2.24) is 0 Å². The number of ketones is 1. The fraction of sp³-hybridized carbons (Fsp3) is 0.857. The van der Waals surface area contributed by atoms with Gasteiger partial charge in [-0.05, 0) is 39.3 Å². The van der Waals surface area contributed by atoms with E-state index in [9.17, 15) is 4.79 Å². The zero-order chi connectivity index (χ0) is 17.8. The predicted octanol–water partition coefficient (Wildman–Crippen LogP) is 5.96. The second-order valence-electron chi connectivity index (χ2n) is 7.96. The zero-order valence-electron chi connectivity index (χ0n) is 16.3. The van der Waals surface area contributed by atoms with E-state index in [1.165, 1.54) is 57.8 Å². The van der Waals surface area contributed by atoms with Crippen LogP contribution in [0.3, 0.4) is 0 Å². The Labute approximate surface area is 149 Å². The van der Waals surface area contributed by atoms with Gasteiger partial charge >= 0.3 is 0 Å². The van der Waals surface area contributed by atoms with Crippen LogP contribution >= 0.6 is 0 Å². The molecule has 1 aliphatic rings. The molecular weight excluding hydrogens is 300 g/mol. The third kappa shape index (κ3) is 10.2. The molecule has 0 aliphatic carbocycles. The Bertz CT molecular complexity index is 368. The third-order valence-electron chi connectivity index (χ3n) is 4.32. The SMILES string of the molecule is CCCCCCCCCCCC[C@@H]1OC(OC(C)(C)C)C=CC1=O. The summed E-state index contributed by atoms with van der Waals surface area (Å²) in [5, 5.41) is 0. The maximum Gasteiger partial charge on any atom is 0.184 e. The molecule has 140 valence electrons. The minimum atomic E-state index is -0.393. The van der Waals surface area contributed by atoms with Crippen LogP contribution in [0.2, 0.25) is 0 Å². The van der Waals surface area contributed by atoms with Gasteiger partial charge in [0.1, 0.15) is 6.10 Å². The van der Waals surface area contributed by atoms with Gasteiger partial charge in [-0.3, -0.25) is 4.79 Å². The Hall–Kier alpha value is -0.670. The topological polar surface area (TPSA) is 35.5 Å². The molecule has 0 radical (unpaired) electrons. The smallest absolute Gasteiger partial charge is 0.184 e. The van der Waals surface area contributed by atoms with Crippen molar-refractivity contribution in [1.29, 1.82) is 0 Å². The summed E-state index contributed by atoms with van der Waals surface area (Å²) in [6.07, 6.45) is 16.5. The largest absolute Gasteiger partial charge is 0.343 e. The first-order chi connectivity index (χ1) is 11.4. The van der Waals surface area contributed by atoms with Gasteiger partial charge in [-0.25, -0.2) is 0 Å². The lowest BCUT2D eigenvalue weighted by Gasteiger charge is -2.30. The summed E-state index contributed by atoms with van der Waals surface area (Å²) in [7, 11) is 0. The van der Waals surface area contributed by atoms with Crippen LogP contribution in [0, 0.1) is 0 Å². The van der Waals surface area contributed by atoms with Crippen LogP contribution in [0.5, 0.6) is 0 Å². The van der Waals surface area contributed by atoms with E-state index >= 15 is 0 Å². The summed E-state index contributed by atoms with van der Waals surface area (Å²) in [6.45, 7) is 8.25. The minimum absolute atomic E-state index is 0.0830. The van der Waals surface area contributed by atoms with Crippen LogP contribution in [-0.2, 0) is 14.3 Å². The Balaban J connectivity index is 2.08. The molecule has 2 atom stereocenters. The normalized spacial score (nSPS) is 21.4. The summed E-state index contributed by atoms with van der Waals surface area (Å²) in [5.74, 6) is 0.0830. The summed E-state index contributed by atoms with van der Waals surface area (Å²) >= 11 is 0. The molecule has 0 N–H and O–H groups in total. The standard InChI is InChI=1S/C21H38O3/c1-5-6-7-8-9-10-11-12-13-14-15-19-18(22)16-17-20(23-19)24-21(2,3)4/h16-17,19-20H,5-15H2,1-4H3/t19-,20?/m0/s1. The van der Waals surface area contributed by atoms with Gasteiger partial charge in [-0.2, -0.15) is 0 Å². The molecule has 3 heteroatoms. The number of carbonyl (C=O) groups excluding carboxylic acids is 1. The Morgan fingerprint density at radius 3 is 2.04 bits per heavy atom. The van der Waals surface area contributed by atoms with Crippen LogP contribution in [0.1, 0.15) is 98.3 Å². The van der Waals surface area contributed by atoms with E-state index in [-0.39, 0.29) is 17.5 Å². The van der Waals surface area contributed by atoms with E-state index in [1.54, 1.807) is 12.2 Å². The van der Waals surface area contributed by atoms with Crippen LogP contribution < -0.4 is 0 Å². The lowest BCUT2D eigenvalue weighted by molar-refractivity contribution is -0.196. The Morgan fingerprint density at radius 2 is 1.50 bits per heavy atom. The Kier molecular flexibility index (Phi) is 10.5. The zero-order valence-corrected chi connectivity index (χ0v) is 16.3. The quantitative estimate of drug-likeness (QED) is 0.412. The van der Waals surface area contributed by atoms with E-state index in [0.717, 1.165) is 12.8 Å². The van der Waals surface area contributed by atoms with E-state index in [1.807, 2.05) is 20.8 Å².